The van der Waals surface area contributed by atoms with Crippen molar-refractivity contribution >= 4 is 28.4 Å². The van der Waals surface area contributed by atoms with E-state index in [1.807, 2.05) is 71.6 Å². The molecule has 1 aliphatic heterocycles. The molecule has 5 rings (SSSR count). The summed E-state index contributed by atoms with van der Waals surface area (Å²) in [5, 5.41) is 1.68. The fraction of sp³-hybridized carbons (Fsp3) is 0.192. The van der Waals surface area contributed by atoms with E-state index in [9.17, 15) is 4.79 Å². The molecule has 4 nitrogen and oxygen atoms in total. The van der Waals surface area contributed by atoms with E-state index in [4.69, 9.17) is 16.6 Å². The molecule has 3 heterocycles. The molecule has 0 radical (unpaired) electrons. The number of carbonyl (C=O) groups excluding carboxylic acids is 1. The van der Waals surface area contributed by atoms with Gasteiger partial charge in [0.2, 0.25) is 0 Å². The van der Waals surface area contributed by atoms with Gasteiger partial charge in [0.25, 0.3) is 5.91 Å². The number of pyridine rings is 2. The lowest BCUT2D eigenvalue weighted by molar-refractivity contribution is 0.0705. The zero-order valence-electron chi connectivity index (χ0n) is 17.0. The second-order valence-electron chi connectivity index (χ2n) is 7.97. The fourth-order valence-corrected chi connectivity index (χ4v) is 4.45. The van der Waals surface area contributed by atoms with Gasteiger partial charge in [0, 0.05) is 46.9 Å². The molecule has 2 aromatic carbocycles. The maximum atomic E-state index is 13.2. The highest BCUT2D eigenvalue weighted by molar-refractivity contribution is 6.30. The van der Waals surface area contributed by atoms with Gasteiger partial charge < -0.3 is 4.90 Å². The number of benzene rings is 2. The van der Waals surface area contributed by atoms with Crippen LogP contribution in [0.3, 0.4) is 0 Å². The SMILES string of the molecule is O=C(c1cnc2ccccc2c1)N1CCC[C@H](c2cccc(-c3cccc(Cl)c3)n2)C1. The van der Waals surface area contributed by atoms with Crippen LogP contribution in [0.4, 0.5) is 0 Å². The molecule has 1 saturated heterocycles. The summed E-state index contributed by atoms with van der Waals surface area (Å²) in [5.74, 6) is 0.249. The molecule has 0 aliphatic carbocycles. The largest absolute Gasteiger partial charge is 0.338 e. The molecule has 0 bridgehead atoms. The number of amides is 1. The number of para-hydroxylation sites is 1. The van der Waals surface area contributed by atoms with E-state index in [-0.39, 0.29) is 11.8 Å². The number of hydrogen-bond acceptors (Lipinski definition) is 3. The standard InChI is InChI=1S/C26H22ClN3O/c27-22-9-3-7-19(15-22)24-11-4-12-25(29-24)20-8-5-13-30(17-20)26(31)21-14-18-6-1-2-10-23(18)28-16-21/h1-4,6-7,9-12,14-16,20H,5,8,13,17H2/t20-/m0/s1. The lowest BCUT2D eigenvalue weighted by atomic mass is 9.93. The van der Waals surface area contributed by atoms with Crippen LogP contribution in [0, 0.1) is 0 Å². The molecule has 1 aliphatic rings. The Morgan fingerprint density at radius 1 is 1.00 bits per heavy atom. The number of aromatic nitrogens is 2. The predicted octanol–water partition coefficient (Wildman–Crippen LogP) is 5.97. The summed E-state index contributed by atoms with van der Waals surface area (Å²) in [6, 6.07) is 23.6. The number of piperidine rings is 1. The van der Waals surface area contributed by atoms with Gasteiger partial charge in [0.1, 0.15) is 0 Å². The minimum atomic E-state index is 0.0361. The van der Waals surface area contributed by atoms with E-state index < -0.39 is 0 Å². The highest BCUT2D eigenvalue weighted by Gasteiger charge is 2.26. The molecule has 154 valence electrons. The zero-order chi connectivity index (χ0) is 21.2. The van der Waals surface area contributed by atoms with Crippen LogP contribution < -0.4 is 0 Å². The smallest absolute Gasteiger partial charge is 0.255 e. The quantitative estimate of drug-likeness (QED) is 0.404. The first-order valence-electron chi connectivity index (χ1n) is 10.5. The maximum Gasteiger partial charge on any atom is 0.255 e. The van der Waals surface area contributed by atoms with Crippen molar-refractivity contribution in [2.75, 3.05) is 13.1 Å². The second kappa shape index (κ2) is 8.48. The van der Waals surface area contributed by atoms with E-state index >= 15 is 0 Å². The van der Waals surface area contributed by atoms with Gasteiger partial charge in [-0.1, -0.05) is 48.0 Å². The molecule has 4 aromatic rings. The van der Waals surface area contributed by atoms with Crippen molar-refractivity contribution in [1.82, 2.24) is 14.9 Å². The summed E-state index contributed by atoms with van der Waals surface area (Å²) >= 11 is 6.15. The van der Waals surface area contributed by atoms with Crippen molar-refractivity contribution in [3.05, 3.63) is 95.3 Å². The second-order valence-corrected chi connectivity index (χ2v) is 8.40. The average Bonchev–Trinajstić information content (AvgIpc) is 2.83. The van der Waals surface area contributed by atoms with Gasteiger partial charge in [-0.3, -0.25) is 14.8 Å². The highest BCUT2D eigenvalue weighted by Crippen LogP contribution is 2.29. The van der Waals surface area contributed by atoms with Crippen LogP contribution in [0.15, 0.2) is 79.0 Å². The van der Waals surface area contributed by atoms with E-state index in [0.717, 1.165) is 47.2 Å². The van der Waals surface area contributed by atoms with E-state index in [2.05, 4.69) is 11.1 Å². The van der Waals surface area contributed by atoms with Gasteiger partial charge in [-0.05, 0) is 49.2 Å². The first-order valence-corrected chi connectivity index (χ1v) is 10.9. The van der Waals surface area contributed by atoms with Crippen LogP contribution in [-0.2, 0) is 0 Å². The molecule has 2 aromatic heterocycles. The Bertz CT molecular complexity index is 1260. The number of likely N-dealkylation sites (tertiary alicyclic amines) is 1. The van der Waals surface area contributed by atoms with Crippen molar-refractivity contribution < 1.29 is 4.79 Å². The molecule has 1 atom stereocenters. The number of nitrogens with zero attached hydrogens (tertiary/aromatic N) is 3. The van der Waals surface area contributed by atoms with Gasteiger partial charge in [-0.2, -0.15) is 0 Å². The molecule has 0 N–H and O–H groups in total. The predicted molar refractivity (Wildman–Crippen MR) is 124 cm³/mol. The average molecular weight is 428 g/mol. The van der Waals surface area contributed by atoms with Gasteiger partial charge in [-0.15, -0.1) is 0 Å². The Labute approximate surface area is 186 Å². The van der Waals surface area contributed by atoms with Crippen molar-refractivity contribution in [3.63, 3.8) is 0 Å². The highest BCUT2D eigenvalue weighted by atomic mass is 35.5. The Morgan fingerprint density at radius 2 is 1.87 bits per heavy atom. The summed E-state index contributed by atoms with van der Waals surface area (Å²) < 4.78 is 0. The Morgan fingerprint density at radius 3 is 2.77 bits per heavy atom. The normalized spacial score (nSPS) is 16.4. The van der Waals surface area contributed by atoms with Crippen LogP contribution in [-0.4, -0.2) is 33.9 Å². The molecule has 1 amide bonds. The van der Waals surface area contributed by atoms with Crippen molar-refractivity contribution in [2.45, 2.75) is 18.8 Å². The van der Waals surface area contributed by atoms with Gasteiger partial charge in [-0.25, -0.2) is 0 Å². The minimum absolute atomic E-state index is 0.0361. The number of hydrogen-bond donors (Lipinski definition) is 0. The molecule has 31 heavy (non-hydrogen) atoms. The summed E-state index contributed by atoms with van der Waals surface area (Å²) in [5.41, 5.74) is 4.46. The maximum absolute atomic E-state index is 13.2. The molecular weight excluding hydrogens is 406 g/mol. The third-order valence-electron chi connectivity index (χ3n) is 5.86. The summed E-state index contributed by atoms with van der Waals surface area (Å²) in [4.78, 5) is 24.5. The lowest BCUT2D eigenvalue weighted by Gasteiger charge is -2.32. The van der Waals surface area contributed by atoms with Crippen molar-refractivity contribution in [3.8, 4) is 11.3 Å². The third kappa shape index (κ3) is 4.17. The molecular formula is C26H22ClN3O. The Kier molecular flexibility index (Phi) is 5.39. The summed E-state index contributed by atoms with van der Waals surface area (Å²) in [7, 11) is 0. The van der Waals surface area contributed by atoms with Crippen LogP contribution in [0.25, 0.3) is 22.2 Å². The van der Waals surface area contributed by atoms with Gasteiger partial charge in [0.05, 0.1) is 16.8 Å². The summed E-state index contributed by atoms with van der Waals surface area (Å²) in [6.45, 7) is 1.42. The van der Waals surface area contributed by atoms with Crippen LogP contribution >= 0.6 is 11.6 Å². The molecule has 0 saturated carbocycles. The van der Waals surface area contributed by atoms with Crippen LogP contribution in [0.5, 0.6) is 0 Å². The molecule has 5 heteroatoms. The van der Waals surface area contributed by atoms with Crippen LogP contribution in [0.2, 0.25) is 5.02 Å². The number of halogens is 1. The fourth-order valence-electron chi connectivity index (χ4n) is 4.26. The van der Waals surface area contributed by atoms with Crippen molar-refractivity contribution in [1.29, 1.82) is 0 Å². The molecule has 0 spiro atoms. The minimum Gasteiger partial charge on any atom is -0.338 e. The Balaban J connectivity index is 1.37. The van der Waals surface area contributed by atoms with Crippen molar-refractivity contribution in [2.24, 2.45) is 0 Å². The van der Waals surface area contributed by atoms with Gasteiger partial charge >= 0.3 is 0 Å². The van der Waals surface area contributed by atoms with E-state index in [1.54, 1.807) is 6.20 Å². The zero-order valence-corrected chi connectivity index (χ0v) is 17.8. The topological polar surface area (TPSA) is 46.1 Å². The first-order chi connectivity index (χ1) is 15.2. The van der Waals surface area contributed by atoms with Crippen LogP contribution in [0.1, 0.15) is 34.8 Å². The number of rotatable bonds is 3. The first kappa shape index (κ1) is 19.7. The van der Waals surface area contributed by atoms with E-state index in [0.29, 0.717) is 17.1 Å². The lowest BCUT2D eigenvalue weighted by Crippen LogP contribution is -2.39. The summed E-state index contributed by atoms with van der Waals surface area (Å²) in [6.07, 6.45) is 3.67. The van der Waals surface area contributed by atoms with E-state index in [1.165, 1.54) is 0 Å². The third-order valence-corrected chi connectivity index (χ3v) is 6.09. The molecule has 1 fully saturated rings. The molecule has 0 unspecified atom stereocenters. The Hall–Kier alpha value is -3.24. The monoisotopic (exact) mass is 427 g/mol. The van der Waals surface area contributed by atoms with Gasteiger partial charge in [0.15, 0.2) is 0 Å². The number of fused-ring (bicyclic) bond motifs is 1. The number of carbonyl (C=O) groups is 1.